The highest BCUT2D eigenvalue weighted by molar-refractivity contribution is 7.10. The van der Waals surface area contributed by atoms with Gasteiger partial charge in [0.2, 0.25) is 0 Å². The molecule has 0 spiro atoms. The minimum atomic E-state index is -0.515. The Morgan fingerprint density at radius 3 is 2.52 bits per heavy atom. The van der Waals surface area contributed by atoms with Crippen LogP contribution in [0.3, 0.4) is 0 Å². The normalized spacial score (nSPS) is 17.6. The number of amides is 1. The summed E-state index contributed by atoms with van der Waals surface area (Å²) in [4.78, 5) is 27.9. The number of thiophene rings is 1. The summed E-state index contributed by atoms with van der Waals surface area (Å²) in [5.74, 6) is -0.876. The Morgan fingerprint density at radius 1 is 1.20 bits per heavy atom. The largest absolute Gasteiger partial charge is 0.503 e. The molecule has 1 aromatic carbocycles. The summed E-state index contributed by atoms with van der Waals surface area (Å²) < 4.78 is 0. The van der Waals surface area contributed by atoms with Crippen LogP contribution < -0.4 is 0 Å². The number of carbonyl (C=O) groups is 2. The van der Waals surface area contributed by atoms with Crippen molar-refractivity contribution in [3.63, 3.8) is 0 Å². The first-order valence-electron chi connectivity index (χ1n) is 8.33. The predicted molar refractivity (Wildman–Crippen MR) is 98.2 cm³/mol. The average Bonchev–Trinajstić information content (AvgIpc) is 3.18. The minimum absolute atomic E-state index is 0.158. The number of Topliss-reactive ketones (excluding diaryl/α,β-unsaturated/α-hetero) is 1. The van der Waals surface area contributed by atoms with E-state index >= 15 is 0 Å². The molecule has 25 heavy (non-hydrogen) atoms. The zero-order chi connectivity index (χ0) is 18.0. The van der Waals surface area contributed by atoms with Gasteiger partial charge in [0.15, 0.2) is 11.5 Å². The molecule has 3 rings (SSSR count). The molecule has 2 aromatic rings. The van der Waals surface area contributed by atoms with Crippen LogP contribution in [0, 0.1) is 5.92 Å². The van der Waals surface area contributed by atoms with Crippen molar-refractivity contribution in [2.45, 2.75) is 32.9 Å². The highest BCUT2D eigenvalue weighted by Gasteiger charge is 2.43. The molecule has 0 fully saturated rings. The van der Waals surface area contributed by atoms with E-state index in [0.717, 1.165) is 10.4 Å². The Morgan fingerprint density at radius 2 is 1.92 bits per heavy atom. The summed E-state index contributed by atoms with van der Waals surface area (Å²) in [5.41, 5.74) is 1.19. The topological polar surface area (TPSA) is 57.6 Å². The fourth-order valence-corrected chi connectivity index (χ4v) is 3.95. The van der Waals surface area contributed by atoms with Gasteiger partial charge in [-0.15, -0.1) is 11.3 Å². The molecule has 1 aliphatic rings. The Hall–Kier alpha value is -2.40. The van der Waals surface area contributed by atoms with Gasteiger partial charge in [-0.3, -0.25) is 9.59 Å². The summed E-state index contributed by atoms with van der Waals surface area (Å²) in [6, 6.07) is 12.9. The molecule has 1 amide bonds. The maximum absolute atomic E-state index is 12.7. The van der Waals surface area contributed by atoms with Gasteiger partial charge in [0.1, 0.15) is 0 Å². The Bertz CT molecular complexity index is 794. The molecule has 0 radical (unpaired) electrons. The molecule has 0 bridgehead atoms. The molecule has 1 aliphatic heterocycles. The van der Waals surface area contributed by atoms with E-state index in [4.69, 9.17) is 0 Å². The number of hydrogen-bond acceptors (Lipinski definition) is 4. The molecule has 0 saturated carbocycles. The van der Waals surface area contributed by atoms with E-state index in [-0.39, 0.29) is 17.3 Å². The summed E-state index contributed by atoms with van der Waals surface area (Å²) in [6.07, 6.45) is 0.313. The number of carbonyl (C=O) groups excluding carboxylic acids is 2. The first kappa shape index (κ1) is 17.4. The molecule has 1 unspecified atom stereocenters. The number of rotatable bonds is 6. The van der Waals surface area contributed by atoms with Crippen LogP contribution in [0.5, 0.6) is 0 Å². The number of ketones is 1. The number of aliphatic hydroxyl groups excluding tert-OH is 1. The fourth-order valence-electron chi connectivity index (χ4n) is 3.11. The lowest BCUT2D eigenvalue weighted by Gasteiger charge is -2.26. The second-order valence-corrected chi connectivity index (χ2v) is 7.60. The second kappa shape index (κ2) is 7.23. The van der Waals surface area contributed by atoms with E-state index in [1.165, 1.54) is 11.3 Å². The van der Waals surface area contributed by atoms with Crippen molar-refractivity contribution in [2.75, 3.05) is 0 Å². The quantitative estimate of drug-likeness (QED) is 0.842. The van der Waals surface area contributed by atoms with Gasteiger partial charge < -0.3 is 10.0 Å². The predicted octanol–water partition coefficient (Wildman–Crippen LogP) is 4.26. The van der Waals surface area contributed by atoms with E-state index in [1.54, 1.807) is 4.90 Å². The lowest BCUT2D eigenvalue weighted by atomic mass is 9.95. The van der Waals surface area contributed by atoms with Crippen LogP contribution in [0.1, 0.15) is 36.8 Å². The van der Waals surface area contributed by atoms with Crippen molar-refractivity contribution >= 4 is 23.0 Å². The average molecular weight is 355 g/mol. The first-order chi connectivity index (χ1) is 12.0. The molecule has 0 saturated heterocycles. The van der Waals surface area contributed by atoms with Crippen molar-refractivity contribution in [1.82, 2.24) is 4.90 Å². The van der Waals surface area contributed by atoms with Gasteiger partial charge in [-0.1, -0.05) is 50.2 Å². The van der Waals surface area contributed by atoms with Crippen molar-refractivity contribution in [2.24, 2.45) is 5.92 Å². The molecule has 130 valence electrons. The van der Waals surface area contributed by atoms with Crippen molar-refractivity contribution in [3.05, 3.63) is 69.6 Å². The van der Waals surface area contributed by atoms with Gasteiger partial charge >= 0.3 is 0 Å². The maximum Gasteiger partial charge on any atom is 0.290 e. The Kier molecular flexibility index (Phi) is 5.04. The lowest BCUT2D eigenvalue weighted by Crippen LogP contribution is -2.30. The van der Waals surface area contributed by atoms with Crippen LogP contribution in [0.2, 0.25) is 0 Å². The highest BCUT2D eigenvalue weighted by Crippen LogP contribution is 2.41. The van der Waals surface area contributed by atoms with E-state index < -0.39 is 17.7 Å². The summed E-state index contributed by atoms with van der Waals surface area (Å²) >= 11 is 1.49. The summed E-state index contributed by atoms with van der Waals surface area (Å²) in [6.45, 7) is 4.26. The molecule has 5 heteroatoms. The van der Waals surface area contributed by atoms with Crippen molar-refractivity contribution in [3.8, 4) is 0 Å². The van der Waals surface area contributed by atoms with Crippen LogP contribution in [0.4, 0.5) is 0 Å². The molecule has 1 aromatic heterocycles. The van der Waals surface area contributed by atoms with Crippen molar-refractivity contribution in [1.29, 1.82) is 0 Å². The van der Waals surface area contributed by atoms with Gasteiger partial charge in [-0.05, 0) is 22.9 Å². The van der Waals surface area contributed by atoms with Gasteiger partial charge in [0, 0.05) is 17.8 Å². The molecule has 1 atom stereocenters. The Labute approximate surface area is 151 Å². The SMILES string of the molecule is CC(C)CC(=O)C1=C(O)C(=O)N(Cc2ccccc2)C1c1cccs1. The molecular formula is C20H21NO3S. The molecule has 1 N–H and O–H groups in total. The van der Waals surface area contributed by atoms with Crippen LogP contribution in [-0.2, 0) is 16.1 Å². The van der Waals surface area contributed by atoms with Crippen LogP contribution in [0.15, 0.2) is 59.2 Å². The third kappa shape index (κ3) is 3.51. The number of nitrogens with zero attached hydrogens (tertiary/aromatic N) is 1. The standard InChI is InChI=1S/C20H21NO3S/c1-13(2)11-15(22)17-18(16-9-6-10-25-16)21(20(24)19(17)23)12-14-7-4-3-5-8-14/h3-10,13,18,23H,11-12H2,1-2H3. The molecule has 0 aliphatic carbocycles. The highest BCUT2D eigenvalue weighted by atomic mass is 32.1. The van der Waals surface area contributed by atoms with Gasteiger partial charge in [0.25, 0.3) is 5.91 Å². The number of hydrogen-bond donors (Lipinski definition) is 1. The fraction of sp³-hybridized carbons (Fsp3) is 0.300. The lowest BCUT2D eigenvalue weighted by molar-refractivity contribution is -0.130. The van der Waals surface area contributed by atoms with E-state index in [0.29, 0.717) is 13.0 Å². The van der Waals surface area contributed by atoms with E-state index in [9.17, 15) is 14.7 Å². The third-order valence-electron chi connectivity index (χ3n) is 4.21. The summed E-state index contributed by atoms with van der Waals surface area (Å²) in [5, 5.41) is 12.3. The van der Waals surface area contributed by atoms with Gasteiger partial charge in [-0.25, -0.2) is 0 Å². The van der Waals surface area contributed by atoms with Crippen LogP contribution in [-0.4, -0.2) is 21.7 Å². The number of benzene rings is 1. The van der Waals surface area contributed by atoms with E-state index in [2.05, 4.69) is 0 Å². The molecule has 2 heterocycles. The Balaban J connectivity index is 1.99. The summed E-state index contributed by atoms with van der Waals surface area (Å²) in [7, 11) is 0. The van der Waals surface area contributed by atoms with Gasteiger partial charge in [-0.2, -0.15) is 0 Å². The third-order valence-corrected chi connectivity index (χ3v) is 5.13. The maximum atomic E-state index is 12.7. The smallest absolute Gasteiger partial charge is 0.290 e. The minimum Gasteiger partial charge on any atom is -0.503 e. The van der Waals surface area contributed by atoms with Crippen molar-refractivity contribution < 1.29 is 14.7 Å². The van der Waals surface area contributed by atoms with E-state index in [1.807, 2.05) is 61.7 Å². The monoisotopic (exact) mass is 355 g/mol. The second-order valence-electron chi connectivity index (χ2n) is 6.62. The number of aliphatic hydroxyl groups is 1. The zero-order valence-corrected chi connectivity index (χ0v) is 15.1. The van der Waals surface area contributed by atoms with Crippen LogP contribution in [0.25, 0.3) is 0 Å². The van der Waals surface area contributed by atoms with Crippen LogP contribution >= 0.6 is 11.3 Å². The van der Waals surface area contributed by atoms with Gasteiger partial charge in [0.05, 0.1) is 11.6 Å². The molecule has 4 nitrogen and oxygen atoms in total. The first-order valence-corrected chi connectivity index (χ1v) is 9.21. The molecular weight excluding hydrogens is 334 g/mol. The zero-order valence-electron chi connectivity index (χ0n) is 14.3.